The minimum absolute atomic E-state index is 0.235. The molecule has 7 heteroatoms. The number of amides is 1. The lowest BCUT2D eigenvalue weighted by Gasteiger charge is -2.10. The first-order chi connectivity index (χ1) is 11.0. The van der Waals surface area contributed by atoms with Gasteiger partial charge in [-0.3, -0.25) is 4.79 Å². The van der Waals surface area contributed by atoms with Crippen LogP contribution in [0.2, 0.25) is 10.0 Å². The summed E-state index contributed by atoms with van der Waals surface area (Å²) >= 11 is 12.2. The molecule has 0 spiro atoms. The van der Waals surface area contributed by atoms with E-state index in [0.29, 0.717) is 28.2 Å². The van der Waals surface area contributed by atoms with Crippen molar-refractivity contribution in [3.8, 4) is 0 Å². The number of carbonyl (C=O) groups excluding carboxylic acids is 1. The Kier molecular flexibility index (Phi) is 6.19. The van der Waals surface area contributed by atoms with Gasteiger partial charge in [-0.1, -0.05) is 43.1 Å². The Morgan fingerprint density at radius 3 is 2.57 bits per heavy atom. The lowest BCUT2D eigenvalue weighted by molar-refractivity contribution is 0.0947. The van der Waals surface area contributed by atoms with Crippen LogP contribution in [0.5, 0.6) is 0 Å². The molecule has 0 radical (unpaired) electrons. The van der Waals surface area contributed by atoms with E-state index in [0.717, 1.165) is 6.42 Å². The third kappa shape index (κ3) is 5.08. The zero-order valence-electron chi connectivity index (χ0n) is 12.9. The predicted molar refractivity (Wildman–Crippen MR) is 93.6 cm³/mol. The van der Waals surface area contributed by atoms with E-state index in [1.54, 1.807) is 24.3 Å². The molecule has 0 fully saturated rings. The van der Waals surface area contributed by atoms with Gasteiger partial charge in [-0.2, -0.15) is 0 Å². The first-order valence-electron chi connectivity index (χ1n) is 7.29. The maximum absolute atomic E-state index is 12.1. The van der Waals surface area contributed by atoms with Gasteiger partial charge in [0, 0.05) is 12.7 Å². The van der Waals surface area contributed by atoms with Crippen LogP contribution in [-0.2, 0) is 0 Å². The van der Waals surface area contributed by atoms with Crippen LogP contribution in [-0.4, -0.2) is 22.4 Å². The van der Waals surface area contributed by atoms with Crippen LogP contribution in [0.4, 0.5) is 11.6 Å². The fourth-order valence-corrected chi connectivity index (χ4v) is 2.33. The molecule has 0 bridgehead atoms. The van der Waals surface area contributed by atoms with Crippen molar-refractivity contribution >= 4 is 40.7 Å². The van der Waals surface area contributed by atoms with Crippen molar-refractivity contribution in [2.45, 2.75) is 20.3 Å². The van der Waals surface area contributed by atoms with Gasteiger partial charge >= 0.3 is 0 Å². The van der Waals surface area contributed by atoms with Crippen LogP contribution in [0.1, 0.15) is 30.8 Å². The van der Waals surface area contributed by atoms with Gasteiger partial charge in [-0.15, -0.1) is 0 Å². The predicted octanol–water partition coefficient (Wildman–Crippen LogP) is 4.30. The number of nitrogens with one attached hydrogen (secondary N) is 2. The van der Waals surface area contributed by atoms with E-state index < -0.39 is 0 Å². The largest absolute Gasteiger partial charge is 0.351 e. The molecular formula is C16H18Cl2N4O. The summed E-state index contributed by atoms with van der Waals surface area (Å²) in [6, 6.07) is 6.72. The minimum atomic E-state index is -0.235. The van der Waals surface area contributed by atoms with Gasteiger partial charge in [0.05, 0.1) is 15.7 Å². The Labute approximate surface area is 145 Å². The molecule has 1 aromatic heterocycles. The zero-order chi connectivity index (χ0) is 16.8. The Morgan fingerprint density at radius 2 is 1.91 bits per heavy atom. The number of anilines is 2. The number of benzene rings is 1. The summed E-state index contributed by atoms with van der Waals surface area (Å²) in [6.45, 7) is 4.82. The summed E-state index contributed by atoms with van der Waals surface area (Å²) in [5, 5.41) is 6.68. The van der Waals surface area contributed by atoms with Crippen molar-refractivity contribution in [1.29, 1.82) is 0 Å². The number of para-hydroxylation sites is 1. The first-order valence-corrected chi connectivity index (χ1v) is 8.05. The third-order valence-corrected chi connectivity index (χ3v) is 3.72. The first kappa shape index (κ1) is 17.5. The Hall–Kier alpha value is -1.85. The molecule has 0 aliphatic carbocycles. The second-order valence-corrected chi connectivity index (χ2v) is 6.24. The van der Waals surface area contributed by atoms with E-state index in [9.17, 15) is 4.79 Å². The maximum atomic E-state index is 12.1. The number of aromatic nitrogens is 2. The average molecular weight is 353 g/mol. The molecule has 1 amide bonds. The van der Waals surface area contributed by atoms with Crippen LogP contribution >= 0.6 is 23.2 Å². The quantitative estimate of drug-likeness (QED) is 0.812. The van der Waals surface area contributed by atoms with E-state index in [1.807, 2.05) is 0 Å². The summed E-state index contributed by atoms with van der Waals surface area (Å²) in [7, 11) is 0. The highest BCUT2D eigenvalue weighted by Crippen LogP contribution is 2.31. The molecule has 2 rings (SSSR count). The SMILES string of the molecule is CC(C)CCNC(=O)c1ccnc(Nc2c(Cl)cccc2Cl)n1. The van der Waals surface area contributed by atoms with E-state index in [4.69, 9.17) is 23.2 Å². The fraction of sp³-hybridized carbons (Fsp3) is 0.312. The number of hydrogen-bond donors (Lipinski definition) is 2. The summed E-state index contributed by atoms with van der Waals surface area (Å²) in [4.78, 5) is 20.4. The molecule has 2 aromatic rings. The van der Waals surface area contributed by atoms with E-state index in [-0.39, 0.29) is 17.5 Å². The van der Waals surface area contributed by atoms with Crippen LogP contribution in [0.3, 0.4) is 0 Å². The van der Waals surface area contributed by atoms with Crippen molar-refractivity contribution in [2.75, 3.05) is 11.9 Å². The van der Waals surface area contributed by atoms with E-state index >= 15 is 0 Å². The summed E-state index contributed by atoms with van der Waals surface area (Å²) in [5.41, 5.74) is 0.794. The highest BCUT2D eigenvalue weighted by molar-refractivity contribution is 6.39. The Balaban J connectivity index is 2.09. The van der Waals surface area contributed by atoms with Gasteiger partial charge in [-0.25, -0.2) is 9.97 Å². The van der Waals surface area contributed by atoms with Gasteiger partial charge < -0.3 is 10.6 Å². The van der Waals surface area contributed by atoms with Crippen LogP contribution in [0.15, 0.2) is 30.5 Å². The summed E-state index contributed by atoms with van der Waals surface area (Å²) in [6.07, 6.45) is 2.43. The number of nitrogens with zero attached hydrogens (tertiary/aromatic N) is 2. The van der Waals surface area contributed by atoms with Crippen molar-refractivity contribution in [3.63, 3.8) is 0 Å². The normalized spacial score (nSPS) is 10.7. The Bertz CT molecular complexity index is 671. The third-order valence-electron chi connectivity index (χ3n) is 3.10. The second-order valence-electron chi connectivity index (χ2n) is 5.43. The molecule has 0 unspecified atom stereocenters. The lowest BCUT2D eigenvalue weighted by atomic mass is 10.1. The van der Waals surface area contributed by atoms with Gasteiger partial charge in [0.1, 0.15) is 5.69 Å². The van der Waals surface area contributed by atoms with Gasteiger partial charge in [0.2, 0.25) is 5.95 Å². The average Bonchev–Trinajstić information content (AvgIpc) is 2.51. The number of halogens is 2. The molecule has 0 aliphatic heterocycles. The molecular weight excluding hydrogens is 335 g/mol. The zero-order valence-corrected chi connectivity index (χ0v) is 14.4. The second kappa shape index (κ2) is 8.13. The standard InChI is InChI=1S/C16H18Cl2N4O/c1-10(2)6-8-19-15(23)13-7-9-20-16(21-13)22-14-11(17)4-3-5-12(14)18/h3-5,7,9-10H,6,8H2,1-2H3,(H,19,23)(H,20,21,22). The highest BCUT2D eigenvalue weighted by atomic mass is 35.5. The molecule has 1 heterocycles. The maximum Gasteiger partial charge on any atom is 0.270 e. The van der Waals surface area contributed by atoms with E-state index in [2.05, 4.69) is 34.4 Å². The molecule has 0 saturated carbocycles. The highest BCUT2D eigenvalue weighted by Gasteiger charge is 2.11. The smallest absolute Gasteiger partial charge is 0.270 e. The van der Waals surface area contributed by atoms with Crippen LogP contribution in [0.25, 0.3) is 0 Å². The van der Waals surface area contributed by atoms with Gasteiger partial charge in [0.25, 0.3) is 5.91 Å². The van der Waals surface area contributed by atoms with Gasteiger partial charge in [-0.05, 0) is 30.5 Å². The molecule has 1 aromatic carbocycles. The summed E-state index contributed by atoms with van der Waals surface area (Å²) in [5.74, 6) is 0.554. The number of carbonyl (C=O) groups is 1. The topological polar surface area (TPSA) is 66.9 Å². The number of rotatable bonds is 6. The molecule has 0 aliphatic rings. The van der Waals surface area contributed by atoms with Crippen LogP contribution < -0.4 is 10.6 Å². The monoisotopic (exact) mass is 352 g/mol. The minimum Gasteiger partial charge on any atom is -0.351 e. The molecule has 122 valence electrons. The van der Waals surface area contributed by atoms with Crippen molar-refractivity contribution in [1.82, 2.24) is 15.3 Å². The van der Waals surface area contributed by atoms with E-state index in [1.165, 1.54) is 6.20 Å². The Morgan fingerprint density at radius 1 is 1.22 bits per heavy atom. The van der Waals surface area contributed by atoms with Crippen molar-refractivity contribution < 1.29 is 4.79 Å². The lowest BCUT2D eigenvalue weighted by Crippen LogP contribution is -2.26. The van der Waals surface area contributed by atoms with Crippen molar-refractivity contribution in [3.05, 3.63) is 46.2 Å². The molecule has 0 saturated heterocycles. The fourth-order valence-electron chi connectivity index (χ4n) is 1.84. The van der Waals surface area contributed by atoms with Crippen LogP contribution in [0, 0.1) is 5.92 Å². The van der Waals surface area contributed by atoms with Gasteiger partial charge in [0.15, 0.2) is 0 Å². The molecule has 23 heavy (non-hydrogen) atoms. The number of hydrogen-bond acceptors (Lipinski definition) is 4. The molecule has 2 N–H and O–H groups in total. The molecule has 5 nitrogen and oxygen atoms in total. The van der Waals surface area contributed by atoms with Crippen molar-refractivity contribution in [2.24, 2.45) is 5.92 Å². The molecule has 0 atom stereocenters. The summed E-state index contributed by atoms with van der Waals surface area (Å²) < 4.78 is 0.